The molecule has 9 heteroatoms. The minimum absolute atomic E-state index is 0.124. The second-order valence-corrected chi connectivity index (χ2v) is 17.6. The third-order valence-electron chi connectivity index (χ3n) is 7.72. The van der Waals surface area contributed by atoms with Crippen molar-refractivity contribution in [3.63, 3.8) is 0 Å². The van der Waals surface area contributed by atoms with Gasteiger partial charge in [-0.2, -0.15) is 0 Å². The number of benzene rings is 1. The van der Waals surface area contributed by atoms with Crippen LogP contribution in [0.5, 0.6) is 0 Å². The van der Waals surface area contributed by atoms with Gasteiger partial charge in [0.15, 0.2) is 20.2 Å². The second-order valence-electron chi connectivity index (χ2n) is 12.8. The van der Waals surface area contributed by atoms with Gasteiger partial charge in [0, 0.05) is 7.11 Å². The number of hydrogen-bond donors (Lipinski definition) is 0. The molecule has 3 rings (SSSR count). The van der Waals surface area contributed by atoms with E-state index in [1.165, 1.54) is 12.0 Å². The van der Waals surface area contributed by atoms with Crippen LogP contribution in [0.1, 0.15) is 54.0 Å². The molecule has 0 bridgehead atoms. The first kappa shape index (κ1) is 31.5. The summed E-state index contributed by atoms with van der Waals surface area (Å²) in [7, 11) is -0.972. The summed E-state index contributed by atoms with van der Waals surface area (Å²) in [4.78, 5) is 28.3. The lowest BCUT2D eigenvalue weighted by Crippen LogP contribution is -2.59. The Labute approximate surface area is 235 Å². The van der Waals surface area contributed by atoms with Crippen LogP contribution in [-0.4, -0.2) is 75.2 Å². The highest BCUT2D eigenvalue weighted by Gasteiger charge is 2.54. The van der Waals surface area contributed by atoms with Gasteiger partial charge >= 0.3 is 6.09 Å². The molecule has 1 aromatic carbocycles. The van der Waals surface area contributed by atoms with Crippen molar-refractivity contribution in [3.05, 3.63) is 48.0 Å². The standard InChI is InChI=1S/C30H47NO7Si/c1-20(2)16-17-23-24(37-30(6,7)36-23)25(38-39(9,10)29(3,4)5)26(34-8)27(32)31-22(19-35-28(31)33)18-21-14-12-11-13-15-21/h11-17,20,22-26H,18-19H2,1-10H3/b17-16+/t22-,23+,24-,25+,26-/m0/s1. The average Bonchev–Trinajstić information content (AvgIpc) is 3.35. The SMILES string of the molecule is CO[C@H](C(=O)N1C(=O)OC[C@@H]1Cc1ccccc1)[C@H](O[Si](C)(C)C(C)(C)C)[C@H]1OC(C)(C)O[C@@H]1/C=C/C(C)C. The fourth-order valence-electron chi connectivity index (χ4n) is 4.65. The Morgan fingerprint density at radius 1 is 1.18 bits per heavy atom. The lowest BCUT2D eigenvalue weighted by Gasteiger charge is -2.43. The predicted molar refractivity (Wildman–Crippen MR) is 153 cm³/mol. The van der Waals surface area contributed by atoms with E-state index in [-0.39, 0.29) is 11.6 Å². The number of allylic oxidation sites excluding steroid dienone is 1. The monoisotopic (exact) mass is 561 g/mol. The smallest absolute Gasteiger partial charge is 0.417 e. The molecule has 2 saturated heterocycles. The van der Waals surface area contributed by atoms with Crippen molar-refractivity contribution in [1.29, 1.82) is 0 Å². The van der Waals surface area contributed by atoms with Gasteiger partial charge in [0.05, 0.1) is 6.04 Å². The highest BCUT2D eigenvalue weighted by atomic mass is 28.4. The van der Waals surface area contributed by atoms with Crippen LogP contribution < -0.4 is 0 Å². The van der Waals surface area contributed by atoms with Gasteiger partial charge in [-0.05, 0) is 49.9 Å². The number of carbonyl (C=O) groups is 2. The van der Waals surface area contributed by atoms with Crippen molar-refractivity contribution >= 4 is 20.3 Å². The maximum absolute atomic E-state index is 14.2. The second kappa shape index (κ2) is 12.2. The lowest BCUT2D eigenvalue weighted by atomic mass is 9.99. The van der Waals surface area contributed by atoms with E-state index in [2.05, 4.69) is 53.8 Å². The first-order valence-corrected chi connectivity index (χ1v) is 16.8. The lowest BCUT2D eigenvalue weighted by molar-refractivity contribution is -0.170. The zero-order chi connectivity index (χ0) is 29.2. The van der Waals surface area contributed by atoms with Gasteiger partial charge in [-0.25, -0.2) is 9.69 Å². The molecule has 2 aliphatic heterocycles. The Kier molecular flexibility index (Phi) is 9.87. The quantitative estimate of drug-likeness (QED) is 0.267. The molecule has 5 atom stereocenters. The summed E-state index contributed by atoms with van der Waals surface area (Å²) >= 11 is 0. The maximum atomic E-state index is 14.2. The van der Waals surface area contributed by atoms with Crippen LogP contribution in [0.2, 0.25) is 18.1 Å². The van der Waals surface area contributed by atoms with Crippen LogP contribution in [0, 0.1) is 5.92 Å². The van der Waals surface area contributed by atoms with E-state index >= 15 is 0 Å². The number of amides is 2. The van der Waals surface area contributed by atoms with Gasteiger partial charge in [-0.15, -0.1) is 0 Å². The van der Waals surface area contributed by atoms with Crippen molar-refractivity contribution in [2.24, 2.45) is 5.92 Å². The van der Waals surface area contributed by atoms with Crippen LogP contribution in [0.25, 0.3) is 0 Å². The van der Waals surface area contributed by atoms with E-state index < -0.39 is 56.6 Å². The summed E-state index contributed by atoms with van der Waals surface area (Å²) in [6, 6.07) is 9.29. The number of cyclic esters (lactones) is 1. The number of rotatable bonds is 10. The molecule has 0 aliphatic carbocycles. The number of ether oxygens (including phenoxy) is 4. The Balaban J connectivity index is 2.01. The Bertz CT molecular complexity index is 1020. The molecule has 0 aromatic heterocycles. The molecule has 39 heavy (non-hydrogen) atoms. The molecule has 1 aromatic rings. The number of imide groups is 1. The molecule has 2 fully saturated rings. The molecule has 2 heterocycles. The van der Waals surface area contributed by atoms with Crippen molar-refractivity contribution < 1.29 is 33.0 Å². The summed E-state index contributed by atoms with van der Waals surface area (Å²) in [5.41, 5.74) is 1.01. The third kappa shape index (κ3) is 7.58. The fraction of sp³-hybridized carbons (Fsp3) is 0.667. The maximum Gasteiger partial charge on any atom is 0.417 e. The minimum Gasteiger partial charge on any atom is -0.447 e. The molecule has 2 amide bonds. The van der Waals surface area contributed by atoms with Gasteiger partial charge in [0.25, 0.3) is 5.91 Å². The average molecular weight is 562 g/mol. The summed E-state index contributed by atoms with van der Waals surface area (Å²) in [5.74, 6) is -1.09. The van der Waals surface area contributed by atoms with Crippen LogP contribution in [0.3, 0.4) is 0 Å². The molecule has 0 N–H and O–H groups in total. The minimum atomic E-state index is -2.44. The van der Waals surface area contributed by atoms with Crippen LogP contribution in [0.15, 0.2) is 42.5 Å². The number of carbonyl (C=O) groups excluding carboxylic acids is 2. The van der Waals surface area contributed by atoms with E-state index in [4.69, 9.17) is 23.4 Å². The molecule has 218 valence electrons. The van der Waals surface area contributed by atoms with Gasteiger partial charge in [-0.1, -0.05) is 77.1 Å². The van der Waals surface area contributed by atoms with Crippen molar-refractivity contribution in [2.45, 2.75) is 109 Å². The van der Waals surface area contributed by atoms with Gasteiger partial charge in [0.1, 0.15) is 24.9 Å². The van der Waals surface area contributed by atoms with Crippen LogP contribution in [-0.2, 0) is 34.6 Å². The Morgan fingerprint density at radius 3 is 2.38 bits per heavy atom. The zero-order valence-electron chi connectivity index (χ0n) is 25.2. The molecular formula is C30H47NO7Si. The topological polar surface area (TPSA) is 83.5 Å². The molecule has 0 saturated carbocycles. The van der Waals surface area contributed by atoms with Crippen LogP contribution >= 0.6 is 0 Å². The van der Waals surface area contributed by atoms with E-state index in [1.54, 1.807) is 0 Å². The molecule has 8 nitrogen and oxygen atoms in total. The van der Waals surface area contributed by atoms with Crippen molar-refractivity contribution in [3.8, 4) is 0 Å². The van der Waals surface area contributed by atoms with E-state index in [1.807, 2.05) is 50.3 Å². The fourth-order valence-corrected chi connectivity index (χ4v) is 5.94. The van der Waals surface area contributed by atoms with E-state index in [0.29, 0.717) is 12.3 Å². The first-order chi connectivity index (χ1) is 18.1. The molecule has 0 radical (unpaired) electrons. The van der Waals surface area contributed by atoms with Gasteiger partial charge < -0.3 is 23.4 Å². The molecule has 0 unspecified atom stereocenters. The largest absolute Gasteiger partial charge is 0.447 e. The molecular weight excluding hydrogens is 514 g/mol. The number of nitrogens with zero attached hydrogens (tertiary/aromatic N) is 1. The van der Waals surface area contributed by atoms with Crippen molar-refractivity contribution in [2.75, 3.05) is 13.7 Å². The molecule has 2 aliphatic rings. The van der Waals surface area contributed by atoms with Gasteiger partial charge in [0.2, 0.25) is 0 Å². The summed E-state index contributed by atoms with van der Waals surface area (Å²) in [5, 5.41) is -0.146. The predicted octanol–water partition coefficient (Wildman–Crippen LogP) is 5.71. The normalized spacial score (nSPS) is 25.4. The highest BCUT2D eigenvalue weighted by molar-refractivity contribution is 6.74. The summed E-state index contributed by atoms with van der Waals surface area (Å²) < 4.78 is 30.8. The van der Waals surface area contributed by atoms with Crippen molar-refractivity contribution in [1.82, 2.24) is 4.90 Å². The first-order valence-electron chi connectivity index (χ1n) is 13.8. The zero-order valence-corrected chi connectivity index (χ0v) is 26.2. The number of hydrogen-bond acceptors (Lipinski definition) is 7. The molecule has 0 spiro atoms. The third-order valence-corrected chi connectivity index (χ3v) is 12.2. The Morgan fingerprint density at radius 2 is 1.82 bits per heavy atom. The summed E-state index contributed by atoms with van der Waals surface area (Å²) in [6.45, 7) is 18.7. The van der Waals surface area contributed by atoms with Gasteiger partial charge in [-0.3, -0.25) is 4.79 Å². The van der Waals surface area contributed by atoms with E-state index in [9.17, 15) is 9.59 Å². The highest BCUT2D eigenvalue weighted by Crippen LogP contribution is 2.41. The summed E-state index contributed by atoms with van der Waals surface area (Å²) in [6.07, 6.45) is 0.817. The number of methoxy groups -OCH3 is 1. The Hall–Kier alpha value is -2.04. The van der Waals surface area contributed by atoms with E-state index in [0.717, 1.165) is 5.56 Å². The van der Waals surface area contributed by atoms with Crippen LogP contribution in [0.4, 0.5) is 4.79 Å².